The van der Waals surface area contributed by atoms with Crippen molar-refractivity contribution in [2.24, 2.45) is 0 Å². The SMILES string of the molecule is CCOCCCn1c(SCc2cc(-c3ccccc3OC)no2)nc2cc(Cl)ccc2c1=O. The third-order valence-electron chi connectivity index (χ3n) is 5.04. The molecule has 2 aromatic carbocycles. The van der Waals surface area contributed by atoms with Gasteiger partial charge in [-0.05, 0) is 43.7 Å². The summed E-state index contributed by atoms with van der Waals surface area (Å²) >= 11 is 7.55. The summed E-state index contributed by atoms with van der Waals surface area (Å²) in [6.07, 6.45) is 0.711. The van der Waals surface area contributed by atoms with Crippen LogP contribution >= 0.6 is 23.4 Å². The third kappa shape index (κ3) is 5.40. The van der Waals surface area contributed by atoms with Crippen molar-refractivity contribution in [3.8, 4) is 17.0 Å². The highest BCUT2D eigenvalue weighted by atomic mass is 35.5. The Morgan fingerprint density at radius 1 is 1.18 bits per heavy atom. The monoisotopic (exact) mass is 485 g/mol. The van der Waals surface area contributed by atoms with Crippen LogP contribution in [0.2, 0.25) is 5.02 Å². The molecule has 0 amide bonds. The third-order valence-corrected chi connectivity index (χ3v) is 6.28. The van der Waals surface area contributed by atoms with E-state index in [0.29, 0.717) is 64.5 Å². The van der Waals surface area contributed by atoms with E-state index in [1.807, 2.05) is 37.3 Å². The molecule has 0 aliphatic carbocycles. The number of nitrogens with zero attached hydrogens (tertiary/aromatic N) is 3. The van der Waals surface area contributed by atoms with Gasteiger partial charge in [0.1, 0.15) is 17.2 Å². The summed E-state index contributed by atoms with van der Waals surface area (Å²) in [4.78, 5) is 17.9. The van der Waals surface area contributed by atoms with Crippen molar-refractivity contribution in [3.05, 3.63) is 69.7 Å². The molecule has 0 saturated heterocycles. The minimum atomic E-state index is -0.0945. The second-order valence-electron chi connectivity index (χ2n) is 7.23. The second kappa shape index (κ2) is 10.9. The Labute approximate surface area is 200 Å². The average Bonchev–Trinajstić information content (AvgIpc) is 3.30. The van der Waals surface area contributed by atoms with Crippen molar-refractivity contribution >= 4 is 34.3 Å². The zero-order chi connectivity index (χ0) is 23.2. The molecule has 0 atom stereocenters. The van der Waals surface area contributed by atoms with Gasteiger partial charge in [0, 0.05) is 36.4 Å². The molecule has 9 heteroatoms. The van der Waals surface area contributed by atoms with Crippen LogP contribution in [0.15, 0.2) is 63.0 Å². The molecule has 7 nitrogen and oxygen atoms in total. The molecule has 0 aliphatic heterocycles. The number of benzene rings is 2. The largest absolute Gasteiger partial charge is 0.496 e. The van der Waals surface area contributed by atoms with Crippen LogP contribution in [0.25, 0.3) is 22.2 Å². The number of fused-ring (bicyclic) bond motifs is 1. The van der Waals surface area contributed by atoms with Crippen molar-refractivity contribution in [1.29, 1.82) is 0 Å². The van der Waals surface area contributed by atoms with Crippen molar-refractivity contribution in [2.45, 2.75) is 30.8 Å². The van der Waals surface area contributed by atoms with Gasteiger partial charge >= 0.3 is 0 Å². The van der Waals surface area contributed by atoms with E-state index in [1.54, 1.807) is 29.9 Å². The van der Waals surface area contributed by atoms with Gasteiger partial charge < -0.3 is 14.0 Å². The number of hydrogen-bond acceptors (Lipinski definition) is 7. The first kappa shape index (κ1) is 23.4. The maximum Gasteiger partial charge on any atom is 0.262 e. The smallest absolute Gasteiger partial charge is 0.262 e. The van der Waals surface area contributed by atoms with Crippen LogP contribution in [-0.4, -0.2) is 35.0 Å². The topological polar surface area (TPSA) is 79.4 Å². The molecule has 0 saturated carbocycles. The zero-order valence-electron chi connectivity index (χ0n) is 18.4. The first-order chi connectivity index (χ1) is 16.1. The molecule has 0 unspecified atom stereocenters. The first-order valence-electron chi connectivity index (χ1n) is 10.6. The lowest BCUT2D eigenvalue weighted by molar-refractivity contribution is 0.140. The molecule has 4 aromatic rings. The standard InChI is InChI=1S/C24H24ClN3O4S/c1-3-31-12-6-11-28-23(29)19-10-9-16(25)13-20(19)26-24(28)33-15-17-14-21(27-32-17)18-7-4-5-8-22(18)30-2/h4-5,7-10,13-14H,3,6,11-12,15H2,1-2H3. The molecule has 0 bridgehead atoms. The Hall–Kier alpha value is -2.81. The Bertz CT molecular complexity index is 1300. The lowest BCUT2D eigenvalue weighted by Crippen LogP contribution is -2.24. The number of halogens is 1. The Balaban J connectivity index is 1.60. The predicted molar refractivity (Wildman–Crippen MR) is 130 cm³/mol. The summed E-state index contributed by atoms with van der Waals surface area (Å²) in [5.41, 5.74) is 2.02. The van der Waals surface area contributed by atoms with Crippen LogP contribution in [0.4, 0.5) is 0 Å². The lowest BCUT2D eigenvalue weighted by Gasteiger charge is -2.13. The molecule has 0 N–H and O–H groups in total. The van der Waals surface area contributed by atoms with Crippen LogP contribution in [0.3, 0.4) is 0 Å². The van der Waals surface area contributed by atoms with Crippen molar-refractivity contribution in [1.82, 2.24) is 14.7 Å². The number of rotatable bonds is 10. The van der Waals surface area contributed by atoms with Gasteiger partial charge in [0.05, 0.1) is 23.8 Å². The van der Waals surface area contributed by atoms with Gasteiger partial charge in [0.15, 0.2) is 5.16 Å². The summed E-state index contributed by atoms with van der Waals surface area (Å²) in [7, 11) is 1.62. The zero-order valence-corrected chi connectivity index (χ0v) is 20.0. The highest BCUT2D eigenvalue weighted by molar-refractivity contribution is 7.98. The van der Waals surface area contributed by atoms with E-state index >= 15 is 0 Å². The molecular formula is C24H24ClN3O4S. The van der Waals surface area contributed by atoms with Crippen molar-refractivity contribution in [3.63, 3.8) is 0 Å². The maximum atomic E-state index is 13.2. The first-order valence-corrected chi connectivity index (χ1v) is 12.0. The molecule has 4 rings (SSSR count). The fourth-order valence-electron chi connectivity index (χ4n) is 3.45. The van der Waals surface area contributed by atoms with Crippen molar-refractivity contribution < 1.29 is 14.0 Å². The second-order valence-corrected chi connectivity index (χ2v) is 8.61. The van der Waals surface area contributed by atoms with E-state index in [0.717, 1.165) is 11.3 Å². The molecule has 2 heterocycles. The normalized spacial score (nSPS) is 11.2. The quantitative estimate of drug-likeness (QED) is 0.168. The summed E-state index contributed by atoms with van der Waals surface area (Å²) in [6.45, 7) is 3.68. The average molecular weight is 486 g/mol. The highest BCUT2D eigenvalue weighted by Gasteiger charge is 2.15. The van der Waals surface area contributed by atoms with Gasteiger partial charge in [-0.1, -0.05) is 40.7 Å². The predicted octanol–water partition coefficient (Wildman–Crippen LogP) is 5.43. The van der Waals surface area contributed by atoms with Gasteiger partial charge in [-0.2, -0.15) is 0 Å². The summed E-state index contributed by atoms with van der Waals surface area (Å²) in [5.74, 6) is 1.86. The van der Waals surface area contributed by atoms with Crippen LogP contribution < -0.4 is 10.3 Å². The molecule has 172 valence electrons. The summed E-state index contributed by atoms with van der Waals surface area (Å²) < 4.78 is 18.1. The molecular weight excluding hydrogens is 462 g/mol. The Morgan fingerprint density at radius 2 is 2.03 bits per heavy atom. The van der Waals surface area contributed by atoms with Crippen molar-refractivity contribution in [2.75, 3.05) is 20.3 Å². The van der Waals surface area contributed by atoms with Crippen LogP contribution in [0.5, 0.6) is 5.75 Å². The molecule has 0 aliphatic rings. The minimum Gasteiger partial charge on any atom is -0.496 e. The van der Waals surface area contributed by atoms with Gasteiger partial charge in [0.25, 0.3) is 5.56 Å². The number of methoxy groups -OCH3 is 1. The Kier molecular flexibility index (Phi) is 7.69. The molecule has 0 spiro atoms. The maximum absolute atomic E-state index is 13.2. The van der Waals surface area contributed by atoms with E-state index < -0.39 is 0 Å². The minimum absolute atomic E-state index is 0.0945. The summed E-state index contributed by atoms with van der Waals surface area (Å²) in [6, 6.07) is 14.6. The fraction of sp³-hybridized carbons (Fsp3) is 0.292. The molecule has 0 radical (unpaired) electrons. The highest BCUT2D eigenvalue weighted by Crippen LogP contribution is 2.31. The molecule has 2 aromatic heterocycles. The Morgan fingerprint density at radius 3 is 2.85 bits per heavy atom. The van der Waals surface area contributed by atoms with Gasteiger partial charge in [-0.15, -0.1) is 0 Å². The molecule has 0 fully saturated rings. The number of hydrogen-bond donors (Lipinski definition) is 0. The van der Waals surface area contributed by atoms with Gasteiger partial charge in [0.2, 0.25) is 0 Å². The van der Waals surface area contributed by atoms with Crippen LogP contribution in [0, 0.1) is 0 Å². The fourth-order valence-corrected chi connectivity index (χ4v) is 4.52. The number of aromatic nitrogens is 3. The number of ether oxygens (including phenoxy) is 2. The lowest BCUT2D eigenvalue weighted by atomic mass is 10.1. The van der Waals surface area contributed by atoms with Crippen LogP contribution in [-0.2, 0) is 17.0 Å². The number of thioether (sulfide) groups is 1. The van der Waals surface area contributed by atoms with Crippen LogP contribution in [0.1, 0.15) is 19.1 Å². The van der Waals surface area contributed by atoms with E-state index in [1.165, 1.54) is 11.8 Å². The number of para-hydroxylation sites is 1. The summed E-state index contributed by atoms with van der Waals surface area (Å²) in [5, 5.41) is 5.86. The van der Waals surface area contributed by atoms with E-state index in [-0.39, 0.29) is 5.56 Å². The van der Waals surface area contributed by atoms with Gasteiger partial charge in [-0.3, -0.25) is 9.36 Å². The van der Waals surface area contributed by atoms with Gasteiger partial charge in [-0.25, -0.2) is 4.98 Å². The van der Waals surface area contributed by atoms with E-state index in [4.69, 9.17) is 30.6 Å². The van der Waals surface area contributed by atoms with E-state index in [2.05, 4.69) is 5.16 Å². The van der Waals surface area contributed by atoms with E-state index in [9.17, 15) is 4.79 Å². The molecule has 33 heavy (non-hydrogen) atoms.